The summed E-state index contributed by atoms with van der Waals surface area (Å²) in [6, 6.07) is 4.10. The third-order valence-corrected chi connectivity index (χ3v) is 6.69. The van der Waals surface area contributed by atoms with E-state index in [1.165, 1.54) is 25.5 Å². The summed E-state index contributed by atoms with van der Waals surface area (Å²) in [6.07, 6.45) is 5.25. The van der Waals surface area contributed by atoms with Crippen molar-refractivity contribution in [2.24, 2.45) is 0 Å². The van der Waals surface area contributed by atoms with Crippen LogP contribution in [0.15, 0.2) is 18.2 Å². The van der Waals surface area contributed by atoms with Crippen LogP contribution in [0.1, 0.15) is 70.3 Å². The van der Waals surface area contributed by atoms with Gasteiger partial charge in [0.05, 0.1) is 17.7 Å². The van der Waals surface area contributed by atoms with Gasteiger partial charge in [-0.05, 0) is 51.8 Å². The van der Waals surface area contributed by atoms with Crippen LogP contribution in [0.4, 0.5) is 10.1 Å². The predicted octanol–water partition coefficient (Wildman–Crippen LogP) is 3.81. The number of rotatable bonds is 4. The van der Waals surface area contributed by atoms with Gasteiger partial charge < -0.3 is 20.1 Å². The topological polar surface area (TPSA) is 83.4 Å². The maximum Gasteiger partial charge on any atom is 0.273 e. The van der Waals surface area contributed by atoms with Gasteiger partial charge in [0.2, 0.25) is 11.8 Å². The molecule has 1 aliphatic heterocycles. The Labute approximate surface area is 187 Å². The number of fused-ring (bicyclic) bond motifs is 3. The molecule has 1 fully saturated rings. The van der Waals surface area contributed by atoms with Crippen molar-refractivity contribution in [3.8, 4) is 0 Å². The van der Waals surface area contributed by atoms with Crippen LogP contribution in [-0.4, -0.2) is 44.8 Å². The van der Waals surface area contributed by atoms with E-state index in [0.29, 0.717) is 10.9 Å². The first-order chi connectivity index (χ1) is 15.1. The van der Waals surface area contributed by atoms with E-state index in [4.69, 9.17) is 0 Å². The van der Waals surface area contributed by atoms with Crippen molar-refractivity contribution < 1.29 is 18.8 Å². The van der Waals surface area contributed by atoms with Gasteiger partial charge in [-0.2, -0.15) is 0 Å². The third-order valence-electron chi connectivity index (χ3n) is 6.69. The zero-order chi connectivity index (χ0) is 23.2. The summed E-state index contributed by atoms with van der Waals surface area (Å²) >= 11 is 0. The minimum absolute atomic E-state index is 0.115. The largest absolute Gasteiger partial charge is 0.351 e. The van der Waals surface area contributed by atoms with Crippen LogP contribution in [0.25, 0.3) is 10.9 Å². The maximum atomic E-state index is 14.1. The average molecular weight is 443 g/mol. The Morgan fingerprint density at radius 2 is 1.88 bits per heavy atom. The van der Waals surface area contributed by atoms with Gasteiger partial charge in [-0.3, -0.25) is 14.4 Å². The lowest BCUT2D eigenvalue weighted by Crippen LogP contribution is -2.66. The van der Waals surface area contributed by atoms with Crippen molar-refractivity contribution in [3.05, 3.63) is 29.7 Å². The highest BCUT2D eigenvalue weighted by molar-refractivity contribution is 6.14. The molecule has 172 valence electrons. The van der Waals surface area contributed by atoms with Gasteiger partial charge >= 0.3 is 0 Å². The van der Waals surface area contributed by atoms with Gasteiger partial charge in [0.25, 0.3) is 5.91 Å². The van der Waals surface area contributed by atoms with E-state index in [1.54, 1.807) is 22.5 Å². The van der Waals surface area contributed by atoms with Gasteiger partial charge in [-0.1, -0.05) is 19.3 Å². The van der Waals surface area contributed by atoms with E-state index in [2.05, 4.69) is 10.6 Å². The number of carbonyl (C=O) groups excluding carboxylic acids is 3. The Kier molecular flexibility index (Phi) is 5.73. The van der Waals surface area contributed by atoms with Crippen molar-refractivity contribution in [3.63, 3.8) is 0 Å². The molecule has 1 saturated carbocycles. The van der Waals surface area contributed by atoms with Crippen molar-refractivity contribution in [1.29, 1.82) is 0 Å². The van der Waals surface area contributed by atoms with E-state index >= 15 is 0 Å². The molecule has 1 aromatic carbocycles. The van der Waals surface area contributed by atoms with Crippen molar-refractivity contribution >= 4 is 34.3 Å². The molecule has 1 unspecified atom stereocenters. The first-order valence-corrected chi connectivity index (χ1v) is 11.4. The first kappa shape index (κ1) is 22.3. The molecule has 8 heteroatoms. The second-order valence-corrected chi connectivity index (χ2v) is 9.50. The molecule has 4 rings (SSSR count). The molecule has 1 aliphatic carbocycles. The fraction of sp³-hybridized carbons (Fsp3) is 0.542. The highest BCUT2D eigenvalue weighted by Gasteiger charge is 2.50. The lowest BCUT2D eigenvalue weighted by molar-refractivity contribution is -0.134. The summed E-state index contributed by atoms with van der Waals surface area (Å²) < 4.78 is 15.8. The van der Waals surface area contributed by atoms with E-state index in [9.17, 15) is 18.8 Å². The van der Waals surface area contributed by atoms with Crippen LogP contribution in [0.3, 0.4) is 0 Å². The van der Waals surface area contributed by atoms with Gasteiger partial charge in [0.15, 0.2) is 0 Å². The number of amides is 3. The highest BCUT2D eigenvalue weighted by atomic mass is 19.1. The minimum atomic E-state index is -1.12. The Balaban J connectivity index is 1.84. The predicted molar refractivity (Wildman–Crippen MR) is 121 cm³/mol. The molecule has 2 N–H and O–H groups in total. The fourth-order valence-corrected chi connectivity index (χ4v) is 5.31. The Bertz CT molecular complexity index is 1090. The summed E-state index contributed by atoms with van der Waals surface area (Å²) in [7, 11) is 0. The third kappa shape index (κ3) is 3.65. The number of carbonyl (C=O) groups is 3. The maximum absolute atomic E-state index is 14.1. The number of aromatic nitrogens is 1. The van der Waals surface area contributed by atoms with E-state index in [0.717, 1.165) is 25.7 Å². The summed E-state index contributed by atoms with van der Waals surface area (Å²) in [6.45, 7) is 7.11. The monoisotopic (exact) mass is 442 g/mol. The smallest absolute Gasteiger partial charge is 0.273 e. The van der Waals surface area contributed by atoms with Crippen LogP contribution in [0.2, 0.25) is 0 Å². The number of hydrogen-bond acceptors (Lipinski definition) is 3. The molecule has 7 nitrogen and oxygen atoms in total. The molecule has 0 radical (unpaired) electrons. The molecule has 2 heterocycles. The Hall–Kier alpha value is -2.90. The number of nitrogens with zero attached hydrogens (tertiary/aromatic N) is 2. The van der Waals surface area contributed by atoms with Crippen molar-refractivity contribution in [2.45, 2.75) is 84.0 Å². The van der Waals surface area contributed by atoms with E-state index in [1.807, 2.05) is 13.8 Å². The molecule has 3 amide bonds. The summed E-state index contributed by atoms with van der Waals surface area (Å²) in [4.78, 5) is 40.9. The quantitative estimate of drug-likeness (QED) is 0.755. The molecule has 32 heavy (non-hydrogen) atoms. The zero-order valence-electron chi connectivity index (χ0n) is 19.1. The minimum Gasteiger partial charge on any atom is -0.351 e. The molecule has 0 bridgehead atoms. The van der Waals surface area contributed by atoms with Crippen LogP contribution >= 0.6 is 0 Å². The SMILES string of the molecule is CC(=O)Nc1c2n(c3ccc(F)cc13)CC(C)(C(=O)NC1CCCCC1)N(C(C)C)C2=O. The Morgan fingerprint density at radius 1 is 1.19 bits per heavy atom. The van der Waals surface area contributed by atoms with Gasteiger partial charge in [0.1, 0.15) is 17.1 Å². The second-order valence-electron chi connectivity index (χ2n) is 9.50. The molecule has 0 spiro atoms. The van der Waals surface area contributed by atoms with Gasteiger partial charge in [-0.25, -0.2) is 4.39 Å². The molecule has 1 aromatic heterocycles. The lowest BCUT2D eigenvalue weighted by Gasteiger charge is -2.47. The molecular formula is C24H31FN4O3. The van der Waals surface area contributed by atoms with E-state index in [-0.39, 0.29) is 47.7 Å². The van der Waals surface area contributed by atoms with Crippen LogP contribution < -0.4 is 10.6 Å². The van der Waals surface area contributed by atoms with Gasteiger partial charge in [-0.15, -0.1) is 0 Å². The number of hydrogen-bond donors (Lipinski definition) is 2. The van der Waals surface area contributed by atoms with Crippen molar-refractivity contribution in [2.75, 3.05) is 5.32 Å². The fourth-order valence-electron chi connectivity index (χ4n) is 5.31. The standard InChI is InChI=1S/C24H31FN4O3/c1-14(2)29-22(31)21-20(26-15(3)30)18-12-16(25)10-11-19(18)28(21)13-24(29,4)23(32)27-17-8-6-5-7-9-17/h10-12,14,17H,5-9,13H2,1-4H3,(H,26,30)(H,27,32). The molecule has 2 aliphatic rings. The van der Waals surface area contributed by atoms with Gasteiger partial charge in [0, 0.05) is 24.4 Å². The molecule has 0 saturated heterocycles. The van der Waals surface area contributed by atoms with E-state index < -0.39 is 11.4 Å². The number of benzene rings is 1. The average Bonchev–Trinajstić information content (AvgIpc) is 3.00. The summed E-state index contributed by atoms with van der Waals surface area (Å²) in [5.41, 5.74) is 0.0530. The van der Waals surface area contributed by atoms with Crippen molar-refractivity contribution in [1.82, 2.24) is 14.8 Å². The normalized spacial score (nSPS) is 21.7. The number of anilines is 1. The highest BCUT2D eigenvalue weighted by Crippen LogP contribution is 2.40. The Morgan fingerprint density at radius 3 is 2.50 bits per heavy atom. The number of nitrogens with one attached hydrogen (secondary N) is 2. The van der Waals surface area contributed by atoms with Crippen LogP contribution in [0.5, 0.6) is 0 Å². The first-order valence-electron chi connectivity index (χ1n) is 11.4. The number of halogens is 1. The van der Waals surface area contributed by atoms with Crippen LogP contribution in [0, 0.1) is 5.82 Å². The molecule has 2 aromatic rings. The second kappa shape index (κ2) is 8.22. The molecular weight excluding hydrogens is 411 g/mol. The van der Waals surface area contributed by atoms with Crippen LogP contribution in [-0.2, 0) is 16.1 Å². The summed E-state index contributed by atoms with van der Waals surface area (Å²) in [5.74, 6) is -1.34. The zero-order valence-corrected chi connectivity index (χ0v) is 19.1. The molecule has 1 atom stereocenters. The lowest BCUT2D eigenvalue weighted by atomic mass is 9.90. The summed E-state index contributed by atoms with van der Waals surface area (Å²) in [5, 5.41) is 6.35.